The highest BCUT2D eigenvalue weighted by Gasteiger charge is 2.58. The van der Waals surface area contributed by atoms with Crippen molar-refractivity contribution in [3.63, 3.8) is 0 Å². The summed E-state index contributed by atoms with van der Waals surface area (Å²) in [6.07, 6.45) is 15.3. The largest absolute Gasteiger partial charge is 0.414 e. The lowest BCUT2D eigenvalue weighted by molar-refractivity contribution is -0.119. The molecule has 0 amide bonds. The van der Waals surface area contributed by atoms with Gasteiger partial charge in [-0.15, -0.1) is 0 Å². The third kappa shape index (κ3) is 3.29. The van der Waals surface area contributed by atoms with Crippen molar-refractivity contribution in [1.29, 1.82) is 0 Å². The van der Waals surface area contributed by atoms with Crippen LogP contribution < -0.4 is 0 Å². The fraction of sp³-hybridized carbons (Fsp3) is 1.00. The fourth-order valence-corrected chi connectivity index (χ4v) is 9.31. The van der Waals surface area contributed by atoms with E-state index >= 15 is 0 Å². The van der Waals surface area contributed by atoms with Crippen molar-refractivity contribution in [3.05, 3.63) is 0 Å². The van der Waals surface area contributed by atoms with Gasteiger partial charge in [-0.1, -0.05) is 41.0 Å². The van der Waals surface area contributed by atoms with Crippen LogP contribution in [0.3, 0.4) is 0 Å². The van der Waals surface area contributed by atoms with Gasteiger partial charge in [-0.05, 0) is 110 Å². The molecule has 0 N–H and O–H groups in total. The topological polar surface area (TPSA) is 9.23 Å². The van der Waals surface area contributed by atoms with Gasteiger partial charge in [0.15, 0.2) is 8.32 Å². The maximum atomic E-state index is 6.90. The first-order valence-electron chi connectivity index (χ1n) is 12.1. The molecule has 1 nitrogen and oxygen atoms in total. The van der Waals surface area contributed by atoms with Crippen LogP contribution in [0.4, 0.5) is 0 Å². The van der Waals surface area contributed by atoms with Crippen molar-refractivity contribution in [2.24, 2.45) is 34.5 Å². The average molecular weight is 391 g/mol. The monoisotopic (exact) mass is 390 g/mol. The standard InChI is InChI=1S/C25H46OSi/c1-23(2,3)27(6,7)26-19-12-16-25(5)18(17-19)10-11-20-21-9-8-14-24(21,4)15-13-22(20)25/h18-22H,8-17H2,1-7H3/t18-,19?,20-,21-,22-,24-,25-/m0/s1. The lowest BCUT2D eigenvalue weighted by Gasteiger charge is -2.61. The van der Waals surface area contributed by atoms with E-state index in [0.717, 1.165) is 23.7 Å². The van der Waals surface area contributed by atoms with Crippen LogP contribution in [0, 0.1) is 34.5 Å². The molecule has 0 spiro atoms. The Bertz CT molecular complexity index is 563. The molecule has 4 saturated carbocycles. The van der Waals surface area contributed by atoms with Crippen molar-refractivity contribution >= 4 is 8.32 Å². The summed E-state index contributed by atoms with van der Waals surface area (Å²) >= 11 is 0. The van der Waals surface area contributed by atoms with E-state index in [1.54, 1.807) is 0 Å². The van der Waals surface area contributed by atoms with E-state index < -0.39 is 8.32 Å². The SMILES string of the molecule is CC(C)(C)[Si](C)(C)OC1CC[C@@]2(C)[C@@H](CC[C@H]3[C@@H]4CCC[C@@]4(C)CC[C@@H]32)C1. The molecule has 27 heavy (non-hydrogen) atoms. The number of hydrogen-bond acceptors (Lipinski definition) is 1. The molecule has 0 aromatic rings. The molecule has 2 heteroatoms. The van der Waals surface area contributed by atoms with Crippen molar-refractivity contribution in [2.75, 3.05) is 0 Å². The predicted molar refractivity (Wildman–Crippen MR) is 118 cm³/mol. The summed E-state index contributed by atoms with van der Waals surface area (Å²) in [5.74, 6) is 4.04. The molecule has 0 heterocycles. The molecule has 4 fully saturated rings. The second-order valence-electron chi connectivity index (χ2n) is 13.0. The number of hydrogen-bond donors (Lipinski definition) is 0. The third-order valence-electron chi connectivity index (χ3n) is 10.7. The molecule has 0 aromatic heterocycles. The van der Waals surface area contributed by atoms with E-state index in [-0.39, 0.29) is 0 Å². The third-order valence-corrected chi connectivity index (χ3v) is 15.2. The normalized spacial score (nSPS) is 47.9. The summed E-state index contributed by atoms with van der Waals surface area (Å²) in [6, 6.07) is 0. The summed E-state index contributed by atoms with van der Waals surface area (Å²) in [6.45, 7) is 17.4. The zero-order valence-electron chi connectivity index (χ0n) is 19.4. The van der Waals surface area contributed by atoms with E-state index in [2.05, 4.69) is 47.7 Å². The van der Waals surface area contributed by atoms with E-state index in [1.807, 2.05) is 0 Å². The second-order valence-corrected chi connectivity index (χ2v) is 17.8. The maximum absolute atomic E-state index is 6.90. The Labute approximate surface area is 170 Å². The van der Waals surface area contributed by atoms with Crippen LogP contribution in [0.5, 0.6) is 0 Å². The molecular formula is C25H46OSi. The van der Waals surface area contributed by atoms with E-state index in [9.17, 15) is 0 Å². The van der Waals surface area contributed by atoms with Gasteiger partial charge in [0.05, 0.1) is 0 Å². The van der Waals surface area contributed by atoms with E-state index in [4.69, 9.17) is 4.43 Å². The summed E-state index contributed by atoms with van der Waals surface area (Å²) in [7, 11) is -1.64. The van der Waals surface area contributed by atoms with Gasteiger partial charge in [-0.25, -0.2) is 0 Å². The Morgan fingerprint density at radius 2 is 1.59 bits per heavy atom. The maximum Gasteiger partial charge on any atom is 0.192 e. The van der Waals surface area contributed by atoms with Crippen molar-refractivity contribution in [3.8, 4) is 0 Å². The minimum absolute atomic E-state index is 0.335. The molecule has 0 radical (unpaired) electrons. The van der Waals surface area contributed by atoms with Crippen LogP contribution in [-0.4, -0.2) is 14.4 Å². The fourth-order valence-electron chi connectivity index (χ4n) is 7.91. The predicted octanol–water partition coefficient (Wildman–Crippen LogP) is 7.81. The van der Waals surface area contributed by atoms with Gasteiger partial charge < -0.3 is 4.43 Å². The molecule has 0 saturated heterocycles. The first-order valence-corrected chi connectivity index (χ1v) is 15.0. The van der Waals surface area contributed by atoms with Gasteiger partial charge in [0.25, 0.3) is 0 Å². The molecule has 4 rings (SSSR count). The van der Waals surface area contributed by atoms with E-state index in [1.165, 1.54) is 64.2 Å². The van der Waals surface area contributed by atoms with Gasteiger partial charge in [-0.3, -0.25) is 0 Å². The Kier molecular flexibility index (Phi) is 4.99. The van der Waals surface area contributed by atoms with Crippen LogP contribution in [0.25, 0.3) is 0 Å². The number of rotatable bonds is 2. The minimum atomic E-state index is -1.64. The Hall–Kier alpha value is 0.177. The lowest BCUT2D eigenvalue weighted by atomic mass is 9.45. The van der Waals surface area contributed by atoms with Gasteiger partial charge in [-0.2, -0.15) is 0 Å². The zero-order chi connectivity index (χ0) is 19.7. The van der Waals surface area contributed by atoms with Crippen molar-refractivity contribution in [1.82, 2.24) is 0 Å². The highest BCUT2D eigenvalue weighted by Crippen LogP contribution is 2.66. The molecule has 4 aliphatic rings. The molecule has 0 bridgehead atoms. The molecule has 1 unspecified atom stereocenters. The first kappa shape index (κ1) is 20.4. The smallest absolute Gasteiger partial charge is 0.192 e. The van der Waals surface area contributed by atoms with Crippen molar-refractivity contribution in [2.45, 2.75) is 123 Å². The van der Waals surface area contributed by atoms with Gasteiger partial charge >= 0.3 is 0 Å². The quantitative estimate of drug-likeness (QED) is 0.437. The van der Waals surface area contributed by atoms with Crippen LogP contribution in [0.1, 0.15) is 98.8 Å². The molecular weight excluding hydrogens is 344 g/mol. The molecule has 156 valence electrons. The van der Waals surface area contributed by atoms with Gasteiger partial charge in [0, 0.05) is 6.10 Å². The summed E-state index contributed by atoms with van der Waals surface area (Å²) in [5, 5.41) is 0.335. The van der Waals surface area contributed by atoms with Crippen LogP contribution in [-0.2, 0) is 4.43 Å². The number of fused-ring (bicyclic) bond motifs is 5. The molecule has 0 aliphatic heterocycles. The highest BCUT2D eigenvalue weighted by molar-refractivity contribution is 6.74. The van der Waals surface area contributed by atoms with Crippen LogP contribution in [0.15, 0.2) is 0 Å². The highest BCUT2D eigenvalue weighted by atomic mass is 28.4. The summed E-state index contributed by atoms with van der Waals surface area (Å²) in [5.41, 5.74) is 1.31. The van der Waals surface area contributed by atoms with E-state index in [0.29, 0.717) is 22.0 Å². The first-order chi connectivity index (χ1) is 12.5. The average Bonchev–Trinajstić information content (AvgIpc) is 2.95. The summed E-state index contributed by atoms with van der Waals surface area (Å²) in [4.78, 5) is 0. The zero-order valence-corrected chi connectivity index (χ0v) is 20.4. The minimum Gasteiger partial charge on any atom is -0.414 e. The lowest BCUT2D eigenvalue weighted by Crippen LogP contribution is -2.54. The summed E-state index contributed by atoms with van der Waals surface area (Å²) < 4.78 is 6.90. The van der Waals surface area contributed by atoms with Crippen LogP contribution in [0.2, 0.25) is 18.1 Å². The molecule has 0 aromatic carbocycles. The van der Waals surface area contributed by atoms with Crippen molar-refractivity contribution < 1.29 is 4.43 Å². The molecule has 7 atom stereocenters. The van der Waals surface area contributed by atoms with Gasteiger partial charge in [0.1, 0.15) is 0 Å². The Morgan fingerprint density at radius 1 is 0.852 bits per heavy atom. The van der Waals surface area contributed by atoms with Gasteiger partial charge in [0.2, 0.25) is 0 Å². The van der Waals surface area contributed by atoms with Crippen LogP contribution >= 0.6 is 0 Å². The molecule has 4 aliphatic carbocycles. The Balaban J connectivity index is 1.47. The Morgan fingerprint density at radius 3 is 2.30 bits per heavy atom. The second kappa shape index (κ2) is 6.59.